The average molecular weight is 300 g/mol. The number of nitrogens with zero attached hydrogens (tertiary/aromatic N) is 4. The van der Waals surface area contributed by atoms with Gasteiger partial charge in [0.2, 0.25) is 0 Å². The van der Waals surface area contributed by atoms with Crippen molar-refractivity contribution in [1.29, 1.82) is 0 Å². The Bertz CT molecular complexity index is 987. The lowest BCUT2D eigenvalue weighted by Gasteiger charge is -2.09. The Morgan fingerprint density at radius 3 is 2.65 bits per heavy atom. The summed E-state index contributed by atoms with van der Waals surface area (Å²) in [6, 6.07) is 17.7. The van der Waals surface area contributed by atoms with Gasteiger partial charge in [-0.2, -0.15) is 0 Å². The van der Waals surface area contributed by atoms with Gasteiger partial charge in [-0.1, -0.05) is 41.6 Å². The summed E-state index contributed by atoms with van der Waals surface area (Å²) >= 11 is 0. The lowest BCUT2D eigenvalue weighted by Crippen LogP contribution is -2.01. The molecule has 0 amide bonds. The van der Waals surface area contributed by atoms with Crippen LogP contribution < -0.4 is 0 Å². The number of hydrogen-bond donors (Lipinski definition) is 0. The molecule has 110 valence electrons. The van der Waals surface area contributed by atoms with E-state index in [9.17, 15) is 4.79 Å². The van der Waals surface area contributed by atoms with Crippen molar-refractivity contribution >= 4 is 17.1 Å². The first-order chi connectivity index (χ1) is 11.4. The molecular formula is C18H12N4O. The lowest BCUT2D eigenvalue weighted by atomic mass is 10.1. The first kappa shape index (κ1) is 13.3. The fraction of sp³-hybridized carbons (Fsp3) is 0. The fourth-order valence-corrected chi connectivity index (χ4v) is 2.71. The molecule has 0 saturated heterocycles. The van der Waals surface area contributed by atoms with Crippen LogP contribution in [-0.2, 0) is 0 Å². The lowest BCUT2D eigenvalue weighted by molar-refractivity contribution is 0.111. The molecule has 2 aromatic carbocycles. The molecule has 5 heteroatoms. The van der Waals surface area contributed by atoms with Crippen LogP contribution in [0.4, 0.5) is 0 Å². The molecule has 5 nitrogen and oxygen atoms in total. The third kappa shape index (κ3) is 2.19. The molecule has 23 heavy (non-hydrogen) atoms. The minimum Gasteiger partial charge on any atom is -0.296 e. The fourth-order valence-electron chi connectivity index (χ4n) is 2.71. The molecular weight excluding hydrogens is 288 g/mol. The molecule has 0 saturated carbocycles. The second kappa shape index (κ2) is 5.46. The number of pyridine rings is 1. The molecule has 0 N–H and O–H groups in total. The number of aldehydes is 1. The summed E-state index contributed by atoms with van der Waals surface area (Å²) in [5, 5.41) is 10.3. The number of carbonyl (C=O) groups excluding carboxylic acids is 1. The monoisotopic (exact) mass is 300 g/mol. The van der Waals surface area contributed by atoms with Gasteiger partial charge < -0.3 is 0 Å². The zero-order valence-electron chi connectivity index (χ0n) is 12.1. The average Bonchev–Trinajstić information content (AvgIpc) is 3.06. The SMILES string of the molecule is O=Cc1nnn(-c2cccc3ccccc23)c1-c1cccnc1. The molecule has 0 unspecified atom stereocenters. The minimum atomic E-state index is 0.297. The summed E-state index contributed by atoms with van der Waals surface area (Å²) in [6.07, 6.45) is 4.11. The first-order valence-corrected chi connectivity index (χ1v) is 7.18. The molecule has 2 heterocycles. The van der Waals surface area contributed by atoms with E-state index in [4.69, 9.17) is 0 Å². The predicted molar refractivity (Wildman–Crippen MR) is 87.5 cm³/mol. The van der Waals surface area contributed by atoms with Crippen molar-refractivity contribution in [2.24, 2.45) is 0 Å². The summed E-state index contributed by atoms with van der Waals surface area (Å²) in [5.41, 5.74) is 2.62. The smallest absolute Gasteiger partial charge is 0.172 e. The second-order valence-electron chi connectivity index (χ2n) is 5.09. The molecule has 4 aromatic rings. The van der Waals surface area contributed by atoms with Gasteiger partial charge in [0.1, 0.15) is 5.69 Å². The summed E-state index contributed by atoms with van der Waals surface area (Å²) in [4.78, 5) is 15.5. The van der Waals surface area contributed by atoms with E-state index in [0.717, 1.165) is 28.3 Å². The quantitative estimate of drug-likeness (QED) is 0.545. The van der Waals surface area contributed by atoms with Crippen LogP contribution >= 0.6 is 0 Å². The van der Waals surface area contributed by atoms with Crippen molar-refractivity contribution in [2.75, 3.05) is 0 Å². The van der Waals surface area contributed by atoms with Crippen molar-refractivity contribution in [3.05, 3.63) is 72.7 Å². The van der Waals surface area contributed by atoms with Gasteiger partial charge in [-0.05, 0) is 23.6 Å². The van der Waals surface area contributed by atoms with E-state index in [1.165, 1.54) is 0 Å². The highest BCUT2D eigenvalue weighted by Gasteiger charge is 2.17. The summed E-state index contributed by atoms with van der Waals surface area (Å²) in [7, 11) is 0. The summed E-state index contributed by atoms with van der Waals surface area (Å²) in [6.45, 7) is 0. The van der Waals surface area contributed by atoms with Gasteiger partial charge in [-0.25, -0.2) is 4.68 Å². The van der Waals surface area contributed by atoms with Crippen molar-refractivity contribution in [3.63, 3.8) is 0 Å². The van der Waals surface area contributed by atoms with Gasteiger partial charge in [0.25, 0.3) is 0 Å². The normalized spacial score (nSPS) is 10.8. The standard InChI is InChI=1S/C18H12N4O/c23-12-16-18(14-7-4-10-19-11-14)22(21-20-16)17-9-3-6-13-5-1-2-8-15(13)17/h1-12H. The van der Waals surface area contributed by atoms with Gasteiger partial charge in [0.05, 0.1) is 5.69 Å². The van der Waals surface area contributed by atoms with E-state index >= 15 is 0 Å². The Morgan fingerprint density at radius 2 is 1.83 bits per heavy atom. The molecule has 0 spiro atoms. The molecule has 4 rings (SSSR count). The highest BCUT2D eigenvalue weighted by Crippen LogP contribution is 2.28. The zero-order valence-corrected chi connectivity index (χ0v) is 12.1. The van der Waals surface area contributed by atoms with Gasteiger partial charge >= 0.3 is 0 Å². The Kier molecular flexibility index (Phi) is 3.16. The summed E-state index contributed by atoms with van der Waals surface area (Å²) < 4.78 is 1.70. The number of fused-ring (bicyclic) bond motifs is 1. The number of carbonyl (C=O) groups is 1. The van der Waals surface area contributed by atoms with Gasteiger partial charge in [0.15, 0.2) is 12.0 Å². The number of aromatic nitrogens is 4. The predicted octanol–water partition coefficient (Wildman–Crippen LogP) is 3.30. The third-order valence-corrected chi connectivity index (χ3v) is 3.74. The maximum absolute atomic E-state index is 11.4. The van der Waals surface area contributed by atoms with E-state index < -0.39 is 0 Å². The molecule has 0 aliphatic heterocycles. The Morgan fingerprint density at radius 1 is 0.957 bits per heavy atom. The highest BCUT2D eigenvalue weighted by atomic mass is 16.1. The molecule has 0 radical (unpaired) electrons. The zero-order chi connectivity index (χ0) is 15.6. The number of benzene rings is 2. The maximum Gasteiger partial charge on any atom is 0.172 e. The van der Waals surface area contributed by atoms with E-state index in [2.05, 4.69) is 15.3 Å². The van der Waals surface area contributed by atoms with Crippen molar-refractivity contribution < 1.29 is 4.79 Å². The van der Waals surface area contributed by atoms with Crippen LogP contribution in [0.25, 0.3) is 27.7 Å². The van der Waals surface area contributed by atoms with Crippen LogP contribution in [0.5, 0.6) is 0 Å². The molecule has 0 bridgehead atoms. The summed E-state index contributed by atoms with van der Waals surface area (Å²) in [5.74, 6) is 0. The van der Waals surface area contributed by atoms with Gasteiger partial charge in [-0.15, -0.1) is 5.10 Å². The van der Waals surface area contributed by atoms with Gasteiger partial charge in [-0.3, -0.25) is 9.78 Å². The van der Waals surface area contributed by atoms with E-state index in [-0.39, 0.29) is 0 Å². The van der Waals surface area contributed by atoms with Gasteiger partial charge in [0, 0.05) is 23.3 Å². The van der Waals surface area contributed by atoms with Crippen LogP contribution in [-0.4, -0.2) is 26.3 Å². The number of rotatable bonds is 3. The first-order valence-electron chi connectivity index (χ1n) is 7.18. The Balaban J connectivity index is 2.03. The maximum atomic E-state index is 11.4. The van der Waals surface area contributed by atoms with Crippen molar-refractivity contribution in [3.8, 4) is 16.9 Å². The molecule has 0 fully saturated rings. The van der Waals surface area contributed by atoms with Crippen LogP contribution in [0, 0.1) is 0 Å². The van der Waals surface area contributed by atoms with E-state index in [1.807, 2.05) is 54.6 Å². The molecule has 2 aromatic heterocycles. The molecule has 0 atom stereocenters. The number of hydrogen-bond acceptors (Lipinski definition) is 4. The second-order valence-corrected chi connectivity index (χ2v) is 5.09. The van der Waals surface area contributed by atoms with Crippen molar-refractivity contribution in [2.45, 2.75) is 0 Å². The molecule has 0 aliphatic carbocycles. The molecule has 0 aliphatic rings. The van der Waals surface area contributed by atoms with Crippen molar-refractivity contribution in [1.82, 2.24) is 20.0 Å². The minimum absolute atomic E-state index is 0.297. The Hall–Kier alpha value is -3.34. The van der Waals surface area contributed by atoms with E-state index in [0.29, 0.717) is 11.4 Å². The van der Waals surface area contributed by atoms with Crippen LogP contribution in [0.2, 0.25) is 0 Å². The van der Waals surface area contributed by atoms with Crippen LogP contribution in [0.15, 0.2) is 67.0 Å². The Labute approximate surface area is 132 Å². The van der Waals surface area contributed by atoms with E-state index in [1.54, 1.807) is 17.1 Å². The largest absolute Gasteiger partial charge is 0.296 e. The highest BCUT2D eigenvalue weighted by molar-refractivity contribution is 5.92. The third-order valence-electron chi connectivity index (χ3n) is 3.74. The van der Waals surface area contributed by atoms with Crippen LogP contribution in [0.3, 0.4) is 0 Å². The van der Waals surface area contributed by atoms with Crippen LogP contribution in [0.1, 0.15) is 10.5 Å². The topological polar surface area (TPSA) is 60.7 Å².